The highest BCUT2D eigenvalue weighted by molar-refractivity contribution is 6.31. The van der Waals surface area contributed by atoms with E-state index >= 15 is 0 Å². The van der Waals surface area contributed by atoms with Crippen LogP contribution >= 0.6 is 11.6 Å². The maximum atomic E-state index is 13.4. The van der Waals surface area contributed by atoms with Gasteiger partial charge >= 0.3 is 5.69 Å². The van der Waals surface area contributed by atoms with E-state index in [9.17, 15) is 19.2 Å². The average molecular weight is 543 g/mol. The van der Waals surface area contributed by atoms with Gasteiger partial charge in [-0.1, -0.05) is 24.4 Å². The number of rotatable bonds is 10. The van der Waals surface area contributed by atoms with Gasteiger partial charge in [0.2, 0.25) is 11.8 Å². The number of anilines is 1. The molecule has 38 heavy (non-hydrogen) atoms. The van der Waals surface area contributed by atoms with Gasteiger partial charge < -0.3 is 20.1 Å². The molecule has 0 bridgehead atoms. The number of hydrogen-bond acceptors (Lipinski definition) is 6. The summed E-state index contributed by atoms with van der Waals surface area (Å²) in [7, 11) is 2.99. The number of halogens is 1. The normalized spacial score (nSPS) is 13.4. The first-order chi connectivity index (χ1) is 18.3. The molecule has 1 aliphatic rings. The van der Waals surface area contributed by atoms with Crippen molar-refractivity contribution in [1.82, 2.24) is 14.5 Å². The van der Waals surface area contributed by atoms with Crippen LogP contribution in [0.4, 0.5) is 5.69 Å². The number of fused-ring (bicyclic) bond motifs is 1. The third-order valence-corrected chi connectivity index (χ3v) is 6.91. The lowest BCUT2D eigenvalue weighted by atomic mass is 10.2. The third-order valence-electron chi connectivity index (χ3n) is 6.68. The van der Waals surface area contributed by atoms with E-state index in [2.05, 4.69) is 10.6 Å². The molecule has 0 aliphatic heterocycles. The van der Waals surface area contributed by atoms with Crippen molar-refractivity contribution in [3.05, 3.63) is 62.3 Å². The number of ether oxygens (including phenoxy) is 2. The summed E-state index contributed by atoms with van der Waals surface area (Å²) >= 11 is 6.14. The SMILES string of the molecule is COc1ccc(NC(=O)Cn2c(=O)n(CCCC(=O)NC3CCCC3)c(=O)c3cc(Cl)ccc32)c(OC)c1. The number of benzene rings is 2. The molecule has 0 atom stereocenters. The minimum Gasteiger partial charge on any atom is -0.497 e. The number of carbonyl (C=O) groups is 2. The van der Waals surface area contributed by atoms with E-state index in [1.807, 2.05) is 0 Å². The summed E-state index contributed by atoms with van der Waals surface area (Å²) < 4.78 is 12.8. The summed E-state index contributed by atoms with van der Waals surface area (Å²) in [6.45, 7) is -0.319. The highest BCUT2D eigenvalue weighted by atomic mass is 35.5. The standard InChI is InChI=1S/C27H31ClN4O6/c1-37-19-10-11-21(23(15-19)38-2)30-25(34)16-32-22-12-9-17(28)14-20(22)26(35)31(27(32)36)13-5-8-24(33)29-18-6-3-4-7-18/h9-12,14-15,18H,3-8,13,16H2,1-2H3,(H,29,33)(H,30,34). The molecular weight excluding hydrogens is 512 g/mol. The number of aromatic nitrogens is 2. The van der Waals surface area contributed by atoms with Gasteiger partial charge in [-0.15, -0.1) is 0 Å². The molecule has 10 nitrogen and oxygen atoms in total. The lowest BCUT2D eigenvalue weighted by Crippen LogP contribution is -2.42. The van der Waals surface area contributed by atoms with Crippen molar-refractivity contribution in [2.24, 2.45) is 0 Å². The summed E-state index contributed by atoms with van der Waals surface area (Å²) in [6, 6.07) is 9.71. The van der Waals surface area contributed by atoms with Gasteiger partial charge in [0.15, 0.2) is 0 Å². The van der Waals surface area contributed by atoms with Crippen molar-refractivity contribution in [1.29, 1.82) is 0 Å². The largest absolute Gasteiger partial charge is 0.497 e. The zero-order valence-electron chi connectivity index (χ0n) is 21.4. The van der Waals surface area contributed by atoms with Crippen LogP contribution in [0.3, 0.4) is 0 Å². The second kappa shape index (κ2) is 12.2. The van der Waals surface area contributed by atoms with Gasteiger partial charge in [0.05, 0.1) is 30.8 Å². The molecule has 0 radical (unpaired) electrons. The molecule has 3 aromatic rings. The Balaban J connectivity index is 1.57. The fourth-order valence-corrected chi connectivity index (χ4v) is 4.92. The molecule has 1 heterocycles. The molecule has 0 spiro atoms. The monoisotopic (exact) mass is 542 g/mol. The van der Waals surface area contributed by atoms with E-state index in [1.54, 1.807) is 30.3 Å². The molecule has 0 unspecified atom stereocenters. The van der Waals surface area contributed by atoms with Gasteiger partial charge in [-0.3, -0.25) is 23.5 Å². The Hall–Kier alpha value is -3.79. The van der Waals surface area contributed by atoms with Crippen LogP contribution in [0, 0.1) is 0 Å². The van der Waals surface area contributed by atoms with Crippen LogP contribution in [-0.4, -0.2) is 41.2 Å². The fourth-order valence-electron chi connectivity index (χ4n) is 4.75. The maximum Gasteiger partial charge on any atom is 0.331 e. The van der Waals surface area contributed by atoms with Gasteiger partial charge in [-0.2, -0.15) is 0 Å². The molecule has 1 saturated carbocycles. The topological polar surface area (TPSA) is 121 Å². The van der Waals surface area contributed by atoms with Crippen LogP contribution in [0.1, 0.15) is 38.5 Å². The van der Waals surface area contributed by atoms with Crippen molar-refractivity contribution < 1.29 is 19.1 Å². The second-order valence-electron chi connectivity index (χ2n) is 9.25. The number of carbonyl (C=O) groups excluding carboxylic acids is 2. The zero-order valence-corrected chi connectivity index (χ0v) is 22.2. The first-order valence-electron chi connectivity index (χ1n) is 12.5. The van der Waals surface area contributed by atoms with Gasteiger partial charge in [0.1, 0.15) is 18.0 Å². The Morgan fingerprint density at radius 2 is 1.76 bits per heavy atom. The van der Waals surface area contributed by atoms with Gasteiger partial charge in [-0.25, -0.2) is 4.79 Å². The van der Waals surface area contributed by atoms with Crippen LogP contribution < -0.4 is 31.4 Å². The molecule has 2 amide bonds. The van der Waals surface area contributed by atoms with Crippen LogP contribution in [-0.2, 0) is 22.7 Å². The Morgan fingerprint density at radius 1 is 1.00 bits per heavy atom. The summed E-state index contributed by atoms with van der Waals surface area (Å²) in [5.74, 6) is 0.361. The van der Waals surface area contributed by atoms with Crippen LogP contribution in [0.5, 0.6) is 11.5 Å². The number of nitrogens with zero attached hydrogens (tertiary/aromatic N) is 2. The number of nitrogens with one attached hydrogen (secondary N) is 2. The molecule has 1 aromatic heterocycles. The summed E-state index contributed by atoms with van der Waals surface area (Å²) in [5, 5.41) is 6.29. The second-order valence-corrected chi connectivity index (χ2v) is 9.69. The summed E-state index contributed by atoms with van der Waals surface area (Å²) in [5.41, 5.74) is -0.466. The predicted molar refractivity (Wildman–Crippen MR) is 145 cm³/mol. The fraction of sp³-hybridized carbons (Fsp3) is 0.407. The van der Waals surface area contributed by atoms with Crippen LogP contribution in [0.2, 0.25) is 5.02 Å². The van der Waals surface area contributed by atoms with Crippen LogP contribution in [0.15, 0.2) is 46.0 Å². The average Bonchev–Trinajstić information content (AvgIpc) is 3.41. The number of methoxy groups -OCH3 is 2. The highest BCUT2D eigenvalue weighted by Gasteiger charge is 2.19. The van der Waals surface area contributed by atoms with Crippen LogP contribution in [0.25, 0.3) is 10.9 Å². The third kappa shape index (κ3) is 6.19. The van der Waals surface area contributed by atoms with E-state index in [-0.39, 0.29) is 42.4 Å². The Kier molecular flexibility index (Phi) is 8.73. The molecule has 4 rings (SSSR count). The van der Waals surface area contributed by atoms with E-state index in [1.165, 1.54) is 24.9 Å². The molecule has 2 N–H and O–H groups in total. The van der Waals surface area contributed by atoms with E-state index in [0.717, 1.165) is 30.3 Å². The molecule has 202 valence electrons. The first-order valence-corrected chi connectivity index (χ1v) is 12.9. The van der Waals surface area contributed by atoms with E-state index in [4.69, 9.17) is 21.1 Å². The van der Waals surface area contributed by atoms with Gasteiger partial charge in [-0.05, 0) is 49.6 Å². The van der Waals surface area contributed by atoms with E-state index in [0.29, 0.717) is 28.6 Å². The molecule has 0 saturated heterocycles. The zero-order chi connectivity index (χ0) is 27.2. The summed E-state index contributed by atoms with van der Waals surface area (Å²) in [6.07, 6.45) is 4.66. The predicted octanol–water partition coefficient (Wildman–Crippen LogP) is 3.31. The minimum absolute atomic E-state index is 0.0339. The molecule has 1 aliphatic carbocycles. The Bertz CT molecular complexity index is 1460. The van der Waals surface area contributed by atoms with Crippen molar-refractivity contribution in [2.45, 2.75) is 57.7 Å². The quantitative estimate of drug-likeness (QED) is 0.405. The number of hydrogen-bond donors (Lipinski definition) is 2. The summed E-state index contributed by atoms with van der Waals surface area (Å²) in [4.78, 5) is 51.9. The molecule has 1 fully saturated rings. The smallest absolute Gasteiger partial charge is 0.331 e. The van der Waals surface area contributed by atoms with Crippen molar-refractivity contribution >= 4 is 40.0 Å². The van der Waals surface area contributed by atoms with Crippen molar-refractivity contribution in [3.8, 4) is 11.5 Å². The Labute approximate surface area is 224 Å². The minimum atomic E-state index is -0.641. The van der Waals surface area contributed by atoms with Crippen molar-refractivity contribution in [3.63, 3.8) is 0 Å². The number of amides is 2. The van der Waals surface area contributed by atoms with Gasteiger partial charge in [0, 0.05) is 30.1 Å². The van der Waals surface area contributed by atoms with E-state index < -0.39 is 17.2 Å². The molecular formula is C27H31ClN4O6. The lowest BCUT2D eigenvalue weighted by Gasteiger charge is -2.16. The molecule has 2 aromatic carbocycles. The lowest BCUT2D eigenvalue weighted by molar-refractivity contribution is -0.122. The van der Waals surface area contributed by atoms with Crippen molar-refractivity contribution in [2.75, 3.05) is 19.5 Å². The first kappa shape index (κ1) is 27.3. The Morgan fingerprint density at radius 3 is 2.47 bits per heavy atom. The highest BCUT2D eigenvalue weighted by Crippen LogP contribution is 2.29. The maximum absolute atomic E-state index is 13.4. The molecule has 11 heteroatoms. The van der Waals surface area contributed by atoms with Gasteiger partial charge in [0.25, 0.3) is 5.56 Å².